The van der Waals surface area contributed by atoms with Crippen LogP contribution < -0.4 is 9.73 Å². The van der Waals surface area contributed by atoms with Crippen LogP contribution in [0.4, 0.5) is 5.69 Å². The first-order chi connectivity index (χ1) is 12.2. The fourth-order valence-corrected chi connectivity index (χ4v) is 3.37. The number of carbonyl (C=O) groups excluding carboxylic acids is 1. The van der Waals surface area contributed by atoms with Crippen LogP contribution in [0, 0.1) is 0 Å². The summed E-state index contributed by atoms with van der Waals surface area (Å²) in [6.07, 6.45) is 2.20. The van der Waals surface area contributed by atoms with Gasteiger partial charge in [-0.2, -0.15) is 5.10 Å². The fraction of sp³-hybridized carbons (Fsp3) is 0.125. The molecule has 138 valence electrons. The molecule has 0 aliphatic rings. The topological polar surface area (TPSA) is 99.1 Å². The Labute approximate surface area is 160 Å². The van der Waals surface area contributed by atoms with E-state index in [1.54, 1.807) is 18.2 Å². The summed E-state index contributed by atoms with van der Waals surface area (Å²) in [5.41, 5.74) is 2.76. The first-order valence-corrected chi connectivity index (χ1v) is 9.81. The number of amides is 1. The number of nitrogens with one attached hydrogen (secondary N) is 1. The van der Waals surface area contributed by atoms with Crippen LogP contribution in [0.1, 0.15) is 5.56 Å². The van der Waals surface area contributed by atoms with Crippen LogP contribution in [0.5, 0.6) is 5.75 Å². The molecule has 7 nitrogen and oxygen atoms in total. The number of phenolic OH excluding ortho intramolecular Hbond substituents is 1. The number of hydrogen-bond acceptors (Lipinski definition) is 5. The van der Waals surface area contributed by atoms with E-state index in [4.69, 9.17) is 23.2 Å². The third-order valence-corrected chi connectivity index (χ3v) is 4.73. The highest BCUT2D eigenvalue weighted by molar-refractivity contribution is 7.92. The lowest BCUT2D eigenvalue weighted by Gasteiger charge is -2.21. The fourth-order valence-electron chi connectivity index (χ4n) is 2.02. The predicted molar refractivity (Wildman–Crippen MR) is 102 cm³/mol. The van der Waals surface area contributed by atoms with Gasteiger partial charge in [0.1, 0.15) is 12.3 Å². The second-order valence-electron chi connectivity index (χ2n) is 5.25. The van der Waals surface area contributed by atoms with Gasteiger partial charge in [-0.1, -0.05) is 35.3 Å². The molecular weight excluding hydrogens is 401 g/mol. The minimum atomic E-state index is -3.77. The zero-order valence-corrected chi connectivity index (χ0v) is 15.9. The van der Waals surface area contributed by atoms with Gasteiger partial charge < -0.3 is 5.11 Å². The maximum atomic E-state index is 12.1. The number of anilines is 1. The Morgan fingerprint density at radius 1 is 1.23 bits per heavy atom. The van der Waals surface area contributed by atoms with E-state index in [0.717, 1.165) is 10.6 Å². The molecule has 0 aromatic heterocycles. The Bertz CT molecular complexity index is 928. The van der Waals surface area contributed by atoms with E-state index >= 15 is 0 Å². The SMILES string of the molecule is CS(=O)(=O)N(CC(=O)N/N=C\c1ccccc1O)c1cc(Cl)cc(Cl)c1. The maximum Gasteiger partial charge on any atom is 0.260 e. The van der Waals surface area contributed by atoms with Crippen molar-refractivity contribution in [1.82, 2.24) is 5.43 Å². The van der Waals surface area contributed by atoms with Crippen molar-refractivity contribution in [3.63, 3.8) is 0 Å². The number of nitrogens with zero attached hydrogens (tertiary/aromatic N) is 2. The summed E-state index contributed by atoms with van der Waals surface area (Å²) in [6, 6.07) is 10.6. The van der Waals surface area contributed by atoms with Crippen LogP contribution >= 0.6 is 23.2 Å². The smallest absolute Gasteiger partial charge is 0.260 e. The lowest BCUT2D eigenvalue weighted by Crippen LogP contribution is -2.39. The second kappa shape index (κ2) is 8.39. The van der Waals surface area contributed by atoms with Gasteiger partial charge in [-0.25, -0.2) is 13.8 Å². The van der Waals surface area contributed by atoms with Crippen molar-refractivity contribution in [2.75, 3.05) is 17.1 Å². The van der Waals surface area contributed by atoms with Crippen LogP contribution in [-0.2, 0) is 14.8 Å². The summed E-state index contributed by atoms with van der Waals surface area (Å²) < 4.78 is 24.9. The zero-order valence-electron chi connectivity index (χ0n) is 13.6. The highest BCUT2D eigenvalue weighted by Crippen LogP contribution is 2.26. The number of hydrogen-bond donors (Lipinski definition) is 2. The molecule has 2 aromatic rings. The molecule has 0 saturated heterocycles. The average molecular weight is 416 g/mol. The minimum absolute atomic E-state index is 0.00293. The van der Waals surface area contributed by atoms with Gasteiger partial charge in [0.05, 0.1) is 18.2 Å². The number of halogens is 2. The third-order valence-electron chi connectivity index (χ3n) is 3.15. The summed E-state index contributed by atoms with van der Waals surface area (Å²) >= 11 is 11.8. The van der Waals surface area contributed by atoms with Gasteiger partial charge in [0, 0.05) is 15.6 Å². The largest absolute Gasteiger partial charge is 0.507 e. The zero-order chi connectivity index (χ0) is 19.3. The first-order valence-electron chi connectivity index (χ1n) is 7.20. The van der Waals surface area contributed by atoms with E-state index in [1.165, 1.54) is 30.5 Å². The molecule has 0 spiro atoms. The molecule has 0 atom stereocenters. The Kier molecular flexibility index (Phi) is 6.47. The molecule has 0 aliphatic heterocycles. The number of para-hydroxylation sites is 1. The van der Waals surface area contributed by atoms with Crippen molar-refractivity contribution in [3.8, 4) is 5.75 Å². The monoisotopic (exact) mass is 415 g/mol. The lowest BCUT2D eigenvalue weighted by molar-refractivity contribution is -0.119. The van der Waals surface area contributed by atoms with Gasteiger partial charge >= 0.3 is 0 Å². The van der Waals surface area contributed by atoms with Crippen molar-refractivity contribution >= 4 is 51.0 Å². The standard InChI is InChI=1S/C16H15Cl2N3O4S/c1-26(24,25)21(14-7-12(17)6-13(18)8-14)10-16(23)20-19-9-11-4-2-3-5-15(11)22/h2-9,22H,10H2,1H3,(H,20,23)/b19-9-. The number of benzene rings is 2. The maximum absolute atomic E-state index is 12.1. The van der Waals surface area contributed by atoms with Crippen molar-refractivity contribution in [3.05, 3.63) is 58.1 Å². The molecule has 26 heavy (non-hydrogen) atoms. The van der Waals surface area contributed by atoms with Crippen LogP contribution in [0.3, 0.4) is 0 Å². The first kappa shape index (κ1) is 20.0. The van der Waals surface area contributed by atoms with E-state index in [2.05, 4.69) is 10.5 Å². The summed E-state index contributed by atoms with van der Waals surface area (Å²) in [5.74, 6) is -0.685. The van der Waals surface area contributed by atoms with Gasteiger partial charge in [-0.3, -0.25) is 9.10 Å². The molecule has 0 saturated carbocycles. The highest BCUT2D eigenvalue weighted by atomic mass is 35.5. The molecule has 10 heteroatoms. The van der Waals surface area contributed by atoms with Crippen molar-refractivity contribution < 1.29 is 18.3 Å². The second-order valence-corrected chi connectivity index (χ2v) is 8.03. The van der Waals surface area contributed by atoms with Crippen molar-refractivity contribution in [1.29, 1.82) is 0 Å². The molecule has 0 unspecified atom stereocenters. The Morgan fingerprint density at radius 3 is 2.42 bits per heavy atom. The van der Waals surface area contributed by atoms with Crippen molar-refractivity contribution in [2.45, 2.75) is 0 Å². The number of aromatic hydroxyl groups is 1. The Hall–Kier alpha value is -2.29. The van der Waals surface area contributed by atoms with Crippen LogP contribution in [0.25, 0.3) is 0 Å². The third kappa shape index (κ3) is 5.62. The molecule has 2 N–H and O–H groups in total. The van der Waals surface area contributed by atoms with E-state index in [-0.39, 0.29) is 21.5 Å². The van der Waals surface area contributed by atoms with Gasteiger partial charge in [0.2, 0.25) is 10.0 Å². The Balaban J connectivity index is 2.14. The van der Waals surface area contributed by atoms with Crippen LogP contribution in [0.15, 0.2) is 47.6 Å². The van der Waals surface area contributed by atoms with E-state index in [0.29, 0.717) is 5.56 Å². The van der Waals surface area contributed by atoms with Gasteiger partial charge in [-0.15, -0.1) is 0 Å². The van der Waals surface area contributed by atoms with E-state index in [9.17, 15) is 18.3 Å². The summed E-state index contributed by atoms with van der Waals surface area (Å²) in [5, 5.41) is 13.8. The lowest BCUT2D eigenvalue weighted by atomic mass is 10.2. The van der Waals surface area contributed by atoms with Gasteiger partial charge in [-0.05, 0) is 30.3 Å². The van der Waals surface area contributed by atoms with Crippen LogP contribution in [0.2, 0.25) is 10.0 Å². The average Bonchev–Trinajstić information content (AvgIpc) is 2.52. The molecule has 0 bridgehead atoms. The molecule has 0 radical (unpaired) electrons. The molecule has 0 heterocycles. The predicted octanol–water partition coefficient (Wildman–Crippen LogP) is 2.62. The number of hydrazone groups is 1. The summed E-state index contributed by atoms with van der Waals surface area (Å²) in [7, 11) is -3.77. The number of sulfonamides is 1. The van der Waals surface area contributed by atoms with Crippen molar-refractivity contribution in [2.24, 2.45) is 5.10 Å². The number of phenols is 1. The number of carbonyl (C=O) groups is 1. The summed E-state index contributed by atoms with van der Waals surface area (Å²) in [6.45, 7) is -0.520. The van der Waals surface area contributed by atoms with E-state index in [1.807, 2.05) is 0 Å². The molecule has 0 fully saturated rings. The summed E-state index contributed by atoms with van der Waals surface area (Å²) in [4.78, 5) is 12.1. The van der Waals surface area contributed by atoms with Gasteiger partial charge in [0.15, 0.2) is 0 Å². The molecular formula is C16H15Cl2N3O4S. The van der Waals surface area contributed by atoms with Crippen LogP contribution in [-0.4, -0.2) is 38.4 Å². The number of rotatable bonds is 6. The quantitative estimate of drug-likeness (QED) is 0.559. The normalized spacial score (nSPS) is 11.5. The van der Waals surface area contributed by atoms with Gasteiger partial charge in [0.25, 0.3) is 5.91 Å². The molecule has 1 amide bonds. The molecule has 0 aliphatic carbocycles. The molecule has 2 rings (SSSR count). The van der Waals surface area contributed by atoms with E-state index < -0.39 is 22.5 Å². The minimum Gasteiger partial charge on any atom is -0.507 e. The highest BCUT2D eigenvalue weighted by Gasteiger charge is 2.21. The molecule has 2 aromatic carbocycles. The Morgan fingerprint density at radius 2 is 1.85 bits per heavy atom.